The number of hydrogen-bond acceptors (Lipinski definition) is 3. The summed E-state index contributed by atoms with van der Waals surface area (Å²) in [7, 11) is 1.60. The maximum Gasteiger partial charge on any atom is 0.129 e. The van der Waals surface area contributed by atoms with Gasteiger partial charge in [0, 0.05) is 13.1 Å². The Morgan fingerprint density at radius 1 is 1.53 bits per heavy atom. The van der Waals surface area contributed by atoms with Crippen molar-refractivity contribution >= 4 is 5.84 Å². The Labute approximate surface area is 115 Å². The van der Waals surface area contributed by atoms with Gasteiger partial charge in [-0.25, -0.2) is 0 Å². The summed E-state index contributed by atoms with van der Waals surface area (Å²) in [5.74, 6) is 1.51. The van der Waals surface area contributed by atoms with Crippen LogP contribution in [0.25, 0.3) is 0 Å². The highest BCUT2D eigenvalue weighted by Gasteiger charge is 2.17. The monoisotopic (exact) mass is 261 g/mol. The van der Waals surface area contributed by atoms with Gasteiger partial charge in [-0.1, -0.05) is 13.0 Å². The zero-order valence-electron chi connectivity index (χ0n) is 11.8. The number of ether oxygens (including phenoxy) is 1. The second kappa shape index (κ2) is 6.06. The summed E-state index contributed by atoms with van der Waals surface area (Å²) in [6, 6.07) is 5.93. The minimum Gasteiger partial charge on any atom is -0.496 e. The van der Waals surface area contributed by atoms with Gasteiger partial charge in [-0.3, -0.25) is 10.3 Å². The number of nitrogen functional groups attached to an aromatic ring is 1. The van der Waals surface area contributed by atoms with E-state index in [1.165, 1.54) is 18.4 Å². The topological polar surface area (TPSA) is 62.3 Å². The number of rotatable bonds is 4. The van der Waals surface area contributed by atoms with Crippen molar-refractivity contribution in [3.05, 3.63) is 29.3 Å². The molecule has 0 radical (unpaired) electrons. The zero-order chi connectivity index (χ0) is 13.8. The molecule has 3 N–H and O–H groups in total. The molecule has 0 aromatic heterocycles. The molecule has 1 aliphatic rings. The van der Waals surface area contributed by atoms with E-state index in [-0.39, 0.29) is 5.84 Å². The molecule has 1 atom stereocenters. The Hall–Kier alpha value is -1.55. The number of nitrogens with one attached hydrogen (secondary N) is 1. The van der Waals surface area contributed by atoms with Gasteiger partial charge in [0.2, 0.25) is 0 Å². The van der Waals surface area contributed by atoms with Crippen molar-refractivity contribution in [2.24, 2.45) is 11.7 Å². The number of amidine groups is 1. The van der Waals surface area contributed by atoms with Crippen LogP contribution in [0.2, 0.25) is 0 Å². The van der Waals surface area contributed by atoms with E-state index in [1.807, 2.05) is 12.1 Å². The van der Waals surface area contributed by atoms with Crippen molar-refractivity contribution in [2.75, 3.05) is 20.2 Å². The minimum absolute atomic E-state index is 0.0608. The third kappa shape index (κ3) is 3.47. The van der Waals surface area contributed by atoms with E-state index in [0.717, 1.165) is 25.6 Å². The van der Waals surface area contributed by atoms with Gasteiger partial charge >= 0.3 is 0 Å². The number of benzene rings is 1. The summed E-state index contributed by atoms with van der Waals surface area (Å²) in [4.78, 5) is 2.47. The molecule has 0 spiro atoms. The van der Waals surface area contributed by atoms with Crippen LogP contribution in [0.5, 0.6) is 5.75 Å². The fourth-order valence-corrected chi connectivity index (χ4v) is 2.75. The summed E-state index contributed by atoms with van der Waals surface area (Å²) in [6.07, 6.45) is 2.61. The number of likely N-dealkylation sites (tertiary alicyclic amines) is 1. The molecular weight excluding hydrogens is 238 g/mol. The van der Waals surface area contributed by atoms with Crippen LogP contribution in [0, 0.1) is 11.3 Å². The van der Waals surface area contributed by atoms with Crippen LogP contribution in [0.15, 0.2) is 18.2 Å². The smallest absolute Gasteiger partial charge is 0.129 e. The molecule has 1 unspecified atom stereocenters. The molecule has 19 heavy (non-hydrogen) atoms. The number of hydrogen-bond donors (Lipinski definition) is 2. The van der Waals surface area contributed by atoms with Gasteiger partial charge in [0.25, 0.3) is 0 Å². The predicted molar refractivity (Wildman–Crippen MR) is 77.7 cm³/mol. The lowest BCUT2D eigenvalue weighted by Crippen LogP contribution is -2.33. The van der Waals surface area contributed by atoms with E-state index in [0.29, 0.717) is 11.3 Å². The molecule has 0 aliphatic carbocycles. The standard InChI is InChI=1S/C15H23N3O/c1-11-4-3-7-18(9-11)10-12-5-6-14(19-2)13(8-12)15(16)17/h5-6,8,11H,3-4,7,9-10H2,1-2H3,(H3,16,17). The van der Waals surface area contributed by atoms with Crippen LogP contribution in [-0.2, 0) is 6.54 Å². The van der Waals surface area contributed by atoms with Crippen LogP contribution in [0.4, 0.5) is 0 Å². The third-order valence-corrected chi connectivity index (χ3v) is 3.70. The highest BCUT2D eigenvalue weighted by molar-refractivity contribution is 5.97. The minimum atomic E-state index is 0.0608. The molecule has 1 aromatic carbocycles. The molecule has 1 heterocycles. The van der Waals surface area contributed by atoms with Crippen molar-refractivity contribution in [1.29, 1.82) is 5.41 Å². The summed E-state index contributed by atoms with van der Waals surface area (Å²) < 4.78 is 5.23. The normalized spacial score (nSPS) is 20.2. The first-order valence-corrected chi connectivity index (χ1v) is 6.84. The Kier molecular flexibility index (Phi) is 4.43. The van der Waals surface area contributed by atoms with Crippen LogP contribution >= 0.6 is 0 Å². The van der Waals surface area contributed by atoms with Crippen molar-refractivity contribution in [2.45, 2.75) is 26.3 Å². The highest BCUT2D eigenvalue weighted by atomic mass is 16.5. The van der Waals surface area contributed by atoms with Gasteiger partial charge in [0.1, 0.15) is 11.6 Å². The molecule has 0 bridgehead atoms. The van der Waals surface area contributed by atoms with Gasteiger partial charge < -0.3 is 10.5 Å². The van der Waals surface area contributed by atoms with Crippen LogP contribution in [0.1, 0.15) is 30.9 Å². The molecule has 4 heteroatoms. The maximum absolute atomic E-state index is 7.61. The van der Waals surface area contributed by atoms with Gasteiger partial charge in [-0.15, -0.1) is 0 Å². The van der Waals surface area contributed by atoms with E-state index in [9.17, 15) is 0 Å². The summed E-state index contributed by atoms with van der Waals surface area (Å²) in [5, 5.41) is 7.61. The highest BCUT2D eigenvalue weighted by Crippen LogP contribution is 2.22. The summed E-state index contributed by atoms with van der Waals surface area (Å²) in [6.45, 7) is 5.54. The molecule has 104 valence electrons. The fourth-order valence-electron chi connectivity index (χ4n) is 2.75. The van der Waals surface area contributed by atoms with Gasteiger partial charge in [-0.2, -0.15) is 0 Å². The Bertz CT molecular complexity index is 459. The second-order valence-electron chi connectivity index (χ2n) is 5.43. The Morgan fingerprint density at radius 3 is 2.95 bits per heavy atom. The average molecular weight is 261 g/mol. The van der Waals surface area contributed by atoms with Crippen LogP contribution in [-0.4, -0.2) is 30.9 Å². The summed E-state index contributed by atoms with van der Waals surface area (Å²) in [5.41, 5.74) is 7.48. The molecule has 1 aliphatic heterocycles. The van der Waals surface area contributed by atoms with Crippen molar-refractivity contribution < 1.29 is 4.74 Å². The first kappa shape index (κ1) is 13.9. The number of piperidine rings is 1. The molecule has 0 amide bonds. The molecule has 4 nitrogen and oxygen atoms in total. The van der Waals surface area contributed by atoms with Crippen molar-refractivity contribution in [1.82, 2.24) is 4.90 Å². The quantitative estimate of drug-likeness (QED) is 0.645. The molecular formula is C15H23N3O. The van der Waals surface area contributed by atoms with E-state index in [1.54, 1.807) is 7.11 Å². The average Bonchev–Trinajstić information content (AvgIpc) is 2.38. The third-order valence-electron chi connectivity index (χ3n) is 3.70. The molecule has 1 fully saturated rings. The lowest BCUT2D eigenvalue weighted by molar-refractivity contribution is 0.176. The van der Waals surface area contributed by atoms with Gasteiger partial charge in [0.05, 0.1) is 12.7 Å². The van der Waals surface area contributed by atoms with Crippen molar-refractivity contribution in [3.8, 4) is 5.75 Å². The largest absolute Gasteiger partial charge is 0.496 e. The van der Waals surface area contributed by atoms with E-state index >= 15 is 0 Å². The lowest BCUT2D eigenvalue weighted by atomic mass is 9.99. The second-order valence-corrected chi connectivity index (χ2v) is 5.43. The first-order chi connectivity index (χ1) is 9.10. The molecule has 1 aromatic rings. The maximum atomic E-state index is 7.61. The molecule has 0 saturated carbocycles. The van der Waals surface area contributed by atoms with Crippen LogP contribution < -0.4 is 10.5 Å². The Morgan fingerprint density at radius 2 is 2.32 bits per heavy atom. The van der Waals surface area contributed by atoms with E-state index < -0.39 is 0 Å². The SMILES string of the molecule is COc1ccc(CN2CCCC(C)C2)cc1C(=N)N. The predicted octanol–water partition coefficient (Wildman–Crippen LogP) is 2.21. The first-order valence-electron chi connectivity index (χ1n) is 6.84. The molecule has 2 rings (SSSR count). The number of methoxy groups -OCH3 is 1. The zero-order valence-corrected chi connectivity index (χ0v) is 11.8. The van der Waals surface area contributed by atoms with E-state index in [4.69, 9.17) is 15.9 Å². The van der Waals surface area contributed by atoms with Crippen molar-refractivity contribution in [3.63, 3.8) is 0 Å². The van der Waals surface area contributed by atoms with Gasteiger partial charge in [-0.05, 0) is 43.0 Å². The summed E-state index contributed by atoms with van der Waals surface area (Å²) >= 11 is 0. The number of nitrogens with two attached hydrogens (primary N) is 1. The Balaban J connectivity index is 2.12. The lowest BCUT2D eigenvalue weighted by Gasteiger charge is -2.31. The fraction of sp³-hybridized carbons (Fsp3) is 0.533. The van der Waals surface area contributed by atoms with Gasteiger partial charge in [0.15, 0.2) is 0 Å². The van der Waals surface area contributed by atoms with E-state index in [2.05, 4.69) is 17.9 Å². The molecule has 1 saturated heterocycles. The van der Waals surface area contributed by atoms with Crippen LogP contribution in [0.3, 0.4) is 0 Å². The number of nitrogens with zero attached hydrogens (tertiary/aromatic N) is 1.